The van der Waals surface area contributed by atoms with Crippen LogP contribution < -0.4 is 19.6 Å². The Morgan fingerprint density at radius 3 is 2.45 bits per heavy atom. The number of thioether (sulfide) groups is 2. The van der Waals surface area contributed by atoms with Crippen molar-refractivity contribution in [2.45, 2.75) is 6.04 Å². The first-order chi connectivity index (χ1) is 14.2. The third-order valence-electron chi connectivity index (χ3n) is 4.88. The first-order valence-electron chi connectivity index (χ1n) is 9.26. The lowest BCUT2D eigenvalue weighted by molar-refractivity contribution is 0.414. The van der Waals surface area contributed by atoms with Crippen molar-refractivity contribution in [2.75, 3.05) is 18.6 Å². The van der Waals surface area contributed by atoms with Gasteiger partial charge in [-0.3, -0.25) is 9.36 Å². The summed E-state index contributed by atoms with van der Waals surface area (Å²) in [5.41, 5.74) is 3.04. The van der Waals surface area contributed by atoms with Crippen LogP contribution in [-0.2, 0) is 0 Å². The van der Waals surface area contributed by atoms with E-state index in [1.807, 2.05) is 47.0 Å². The number of fused-ring (bicyclic) bond motifs is 1. The zero-order valence-corrected chi connectivity index (χ0v) is 18.2. The number of aromatic nitrogens is 1. The summed E-state index contributed by atoms with van der Waals surface area (Å²) in [4.78, 5) is 19.0. The Labute approximate surface area is 180 Å². The van der Waals surface area contributed by atoms with E-state index in [0.29, 0.717) is 0 Å². The second-order valence-corrected chi connectivity index (χ2v) is 10.1. The molecule has 2 aromatic carbocycles. The summed E-state index contributed by atoms with van der Waals surface area (Å²) in [6.07, 6.45) is 2.08. The van der Waals surface area contributed by atoms with Gasteiger partial charge in [-0.25, -0.2) is 4.99 Å². The number of rotatable bonds is 3. The molecule has 7 heteroatoms. The number of hydrogen-bond donors (Lipinski definition) is 0. The van der Waals surface area contributed by atoms with E-state index in [1.165, 1.54) is 11.3 Å². The second-order valence-electron chi connectivity index (χ2n) is 6.62. The molecule has 1 fully saturated rings. The Hall–Kier alpha value is -2.22. The highest BCUT2D eigenvalue weighted by Crippen LogP contribution is 2.36. The summed E-state index contributed by atoms with van der Waals surface area (Å²) in [6.45, 7) is 0. The van der Waals surface area contributed by atoms with Crippen molar-refractivity contribution in [1.29, 1.82) is 0 Å². The van der Waals surface area contributed by atoms with Crippen LogP contribution in [0.15, 0.2) is 70.5 Å². The highest BCUT2D eigenvalue weighted by atomic mass is 32.2. The predicted molar refractivity (Wildman–Crippen MR) is 123 cm³/mol. The van der Waals surface area contributed by atoms with Crippen LogP contribution in [0.4, 0.5) is 0 Å². The molecule has 2 aliphatic heterocycles. The highest BCUT2D eigenvalue weighted by Gasteiger charge is 2.24. The van der Waals surface area contributed by atoms with Crippen LogP contribution in [0.3, 0.4) is 0 Å². The van der Waals surface area contributed by atoms with E-state index >= 15 is 0 Å². The molecule has 0 amide bonds. The SMILES string of the molecule is COc1ccc([C@@H]2C=C(c3ccccc3)N=c3sc(=C4SCCS4)c(=O)n32)cc1. The van der Waals surface area contributed by atoms with E-state index in [9.17, 15) is 4.79 Å². The summed E-state index contributed by atoms with van der Waals surface area (Å²) >= 11 is 5.05. The zero-order valence-electron chi connectivity index (χ0n) is 15.7. The van der Waals surface area contributed by atoms with Crippen LogP contribution in [0.5, 0.6) is 5.75 Å². The number of hydrogen-bond acceptors (Lipinski definition) is 6. The minimum Gasteiger partial charge on any atom is -0.497 e. The van der Waals surface area contributed by atoms with Crippen LogP contribution in [0, 0.1) is 0 Å². The fraction of sp³-hybridized carbons (Fsp3) is 0.182. The molecule has 1 atom stereocenters. The van der Waals surface area contributed by atoms with Crippen molar-refractivity contribution in [1.82, 2.24) is 4.57 Å². The van der Waals surface area contributed by atoms with Gasteiger partial charge >= 0.3 is 0 Å². The van der Waals surface area contributed by atoms with Crippen molar-refractivity contribution >= 4 is 44.8 Å². The van der Waals surface area contributed by atoms with Crippen molar-refractivity contribution in [2.24, 2.45) is 4.99 Å². The van der Waals surface area contributed by atoms with Crippen molar-refractivity contribution < 1.29 is 4.74 Å². The smallest absolute Gasteiger partial charge is 0.272 e. The minimum absolute atomic E-state index is 0.0508. The van der Waals surface area contributed by atoms with E-state index in [-0.39, 0.29) is 11.6 Å². The van der Waals surface area contributed by atoms with Gasteiger partial charge in [-0.1, -0.05) is 53.8 Å². The van der Waals surface area contributed by atoms with Crippen LogP contribution in [0.25, 0.3) is 9.93 Å². The van der Waals surface area contributed by atoms with Gasteiger partial charge in [0.1, 0.15) is 10.3 Å². The molecule has 146 valence electrons. The highest BCUT2D eigenvalue weighted by molar-refractivity contribution is 8.32. The monoisotopic (exact) mass is 438 g/mol. The van der Waals surface area contributed by atoms with Crippen molar-refractivity contribution in [3.05, 3.63) is 91.5 Å². The van der Waals surface area contributed by atoms with Gasteiger partial charge in [-0.15, -0.1) is 23.5 Å². The Morgan fingerprint density at radius 1 is 1.03 bits per heavy atom. The number of thiazole rings is 1. The maximum atomic E-state index is 13.4. The molecule has 0 N–H and O–H groups in total. The Kier molecular flexibility index (Phi) is 5.11. The topological polar surface area (TPSA) is 43.6 Å². The number of benzene rings is 2. The molecule has 0 radical (unpaired) electrons. The molecule has 29 heavy (non-hydrogen) atoms. The van der Waals surface area contributed by atoms with Gasteiger partial charge in [0.25, 0.3) is 5.56 Å². The van der Waals surface area contributed by atoms with Crippen molar-refractivity contribution in [3.8, 4) is 5.75 Å². The molecule has 1 aromatic heterocycles. The number of allylic oxidation sites excluding steroid dienone is 1. The molecule has 0 unspecified atom stereocenters. The quantitative estimate of drug-likeness (QED) is 0.625. The molecular formula is C22H18N2O2S3. The van der Waals surface area contributed by atoms with Gasteiger partial charge in [-0.05, 0) is 29.3 Å². The maximum Gasteiger partial charge on any atom is 0.272 e. The Morgan fingerprint density at radius 2 is 1.76 bits per heavy atom. The lowest BCUT2D eigenvalue weighted by Crippen LogP contribution is -2.36. The third kappa shape index (κ3) is 3.47. The average Bonchev–Trinajstić information content (AvgIpc) is 3.42. The van der Waals surface area contributed by atoms with Gasteiger partial charge in [0.2, 0.25) is 0 Å². The van der Waals surface area contributed by atoms with Gasteiger partial charge in [0.05, 0.1) is 23.1 Å². The first kappa shape index (κ1) is 18.8. The molecule has 0 saturated carbocycles. The Bertz CT molecular complexity index is 1250. The van der Waals surface area contributed by atoms with Crippen molar-refractivity contribution in [3.63, 3.8) is 0 Å². The van der Waals surface area contributed by atoms with E-state index in [4.69, 9.17) is 9.73 Å². The van der Waals surface area contributed by atoms with E-state index < -0.39 is 0 Å². The van der Waals surface area contributed by atoms with E-state index in [0.717, 1.165) is 47.7 Å². The number of methoxy groups -OCH3 is 1. The van der Waals surface area contributed by atoms with Crippen LogP contribution in [0.1, 0.15) is 17.2 Å². The molecule has 5 rings (SSSR count). The fourth-order valence-electron chi connectivity index (χ4n) is 3.45. The van der Waals surface area contributed by atoms with E-state index in [1.54, 1.807) is 30.6 Å². The molecule has 3 aromatic rings. The largest absolute Gasteiger partial charge is 0.497 e. The molecule has 0 aliphatic carbocycles. The average molecular weight is 439 g/mol. The van der Waals surface area contributed by atoms with Gasteiger partial charge in [0, 0.05) is 11.5 Å². The molecule has 2 aliphatic rings. The zero-order chi connectivity index (χ0) is 19.8. The number of nitrogens with zero attached hydrogens (tertiary/aromatic N) is 2. The van der Waals surface area contributed by atoms with Gasteiger partial charge in [-0.2, -0.15) is 0 Å². The molecule has 3 heterocycles. The lowest BCUT2D eigenvalue weighted by atomic mass is 10.0. The molecule has 0 spiro atoms. The summed E-state index contributed by atoms with van der Waals surface area (Å²) in [6, 6.07) is 17.9. The maximum absolute atomic E-state index is 13.4. The molecule has 4 nitrogen and oxygen atoms in total. The molecule has 0 bridgehead atoms. The first-order valence-corrected chi connectivity index (χ1v) is 12.0. The second kappa shape index (κ2) is 7.89. The van der Waals surface area contributed by atoms with Crippen LogP contribution >= 0.6 is 34.9 Å². The standard InChI is InChI=1S/C22H18N2O2S3/c1-26-16-9-7-15(8-10-16)18-13-17(14-5-3-2-4-6-14)23-22-24(18)20(25)19(29-22)21-27-11-12-28-21/h2-10,13,18H,11-12H2,1H3/t18-/m0/s1. The molecule has 1 saturated heterocycles. The normalized spacial score (nSPS) is 18.2. The van der Waals surface area contributed by atoms with E-state index in [2.05, 4.69) is 18.2 Å². The summed E-state index contributed by atoms with van der Waals surface area (Å²) in [5.74, 6) is 2.91. The lowest BCUT2D eigenvalue weighted by Gasteiger charge is -2.20. The summed E-state index contributed by atoms with van der Waals surface area (Å²) in [5, 5.41) is 0. The predicted octanol–water partition coefficient (Wildman–Crippen LogP) is 3.73. The third-order valence-corrected chi connectivity index (χ3v) is 8.91. The molecular weight excluding hydrogens is 420 g/mol. The van der Waals surface area contributed by atoms with Crippen LogP contribution in [-0.4, -0.2) is 23.2 Å². The van der Waals surface area contributed by atoms with Gasteiger partial charge < -0.3 is 4.74 Å². The minimum atomic E-state index is -0.196. The van der Waals surface area contributed by atoms with Gasteiger partial charge in [0.15, 0.2) is 4.80 Å². The Balaban J connectivity index is 1.74. The number of ether oxygens (including phenoxy) is 1. The van der Waals surface area contributed by atoms with Crippen LogP contribution in [0.2, 0.25) is 0 Å². The fourth-order valence-corrected chi connectivity index (χ4v) is 7.25. The summed E-state index contributed by atoms with van der Waals surface area (Å²) in [7, 11) is 1.66. The summed E-state index contributed by atoms with van der Waals surface area (Å²) < 4.78 is 9.08.